The average Bonchev–Trinajstić information content (AvgIpc) is 3.50. The molecule has 0 aliphatic carbocycles. The maximum Gasteiger partial charge on any atom is 0.254 e. The van der Waals surface area contributed by atoms with Crippen LogP contribution in [0.2, 0.25) is 10.0 Å². The van der Waals surface area contributed by atoms with Crippen molar-refractivity contribution in [2.75, 3.05) is 14.2 Å². The van der Waals surface area contributed by atoms with E-state index in [1.807, 2.05) is 49.4 Å². The largest absolute Gasteiger partial charge is 0.496 e. The number of carbonyl (C=O) groups is 2. The SMILES string of the molecule is CNC(=O)c1ccc(C=CC(=O)NCc2[nH]ccc2-c2ccc(Cl)c(COc3cccc4ccc(C)nc34)c2Cl)cc1OC. The zero-order valence-corrected chi connectivity index (χ0v) is 25.8. The molecule has 0 saturated heterocycles. The Morgan fingerprint density at radius 1 is 1.00 bits per heavy atom. The molecule has 3 aromatic carbocycles. The number of nitrogens with one attached hydrogen (secondary N) is 3. The lowest BCUT2D eigenvalue weighted by Crippen LogP contribution is -2.20. The number of methoxy groups -OCH3 is 1. The summed E-state index contributed by atoms with van der Waals surface area (Å²) in [4.78, 5) is 32.5. The summed E-state index contributed by atoms with van der Waals surface area (Å²) in [7, 11) is 3.04. The number of amides is 2. The molecule has 0 aliphatic heterocycles. The van der Waals surface area contributed by atoms with Crippen molar-refractivity contribution in [3.8, 4) is 22.6 Å². The van der Waals surface area contributed by atoms with Crippen molar-refractivity contribution in [1.29, 1.82) is 0 Å². The molecule has 0 radical (unpaired) electrons. The molecular formula is C34H30Cl2N4O4. The predicted molar refractivity (Wildman–Crippen MR) is 174 cm³/mol. The molecule has 0 bridgehead atoms. The summed E-state index contributed by atoms with van der Waals surface area (Å²) in [5.74, 6) is 0.503. The summed E-state index contributed by atoms with van der Waals surface area (Å²) < 4.78 is 11.5. The number of aryl methyl sites for hydroxylation is 1. The number of ether oxygens (including phenoxy) is 2. The third-order valence-corrected chi connectivity index (χ3v) is 7.85. The predicted octanol–water partition coefficient (Wildman–Crippen LogP) is 7.12. The normalized spacial score (nSPS) is 11.1. The fraction of sp³-hybridized carbons (Fsp3) is 0.147. The van der Waals surface area contributed by atoms with Gasteiger partial charge in [0.05, 0.1) is 24.2 Å². The first kappa shape index (κ1) is 30.7. The third-order valence-electron chi connectivity index (χ3n) is 7.07. The zero-order chi connectivity index (χ0) is 31.2. The smallest absolute Gasteiger partial charge is 0.254 e. The molecule has 44 heavy (non-hydrogen) atoms. The number of carbonyl (C=O) groups excluding carboxylic acids is 2. The van der Waals surface area contributed by atoms with E-state index in [4.69, 9.17) is 32.7 Å². The van der Waals surface area contributed by atoms with Crippen LogP contribution < -0.4 is 20.1 Å². The van der Waals surface area contributed by atoms with Gasteiger partial charge in [-0.05, 0) is 55.0 Å². The van der Waals surface area contributed by atoms with Crippen LogP contribution in [0.4, 0.5) is 0 Å². The first-order valence-electron chi connectivity index (χ1n) is 13.8. The van der Waals surface area contributed by atoms with E-state index in [0.717, 1.165) is 33.4 Å². The summed E-state index contributed by atoms with van der Waals surface area (Å²) in [5, 5.41) is 7.39. The van der Waals surface area contributed by atoms with Crippen LogP contribution in [0.15, 0.2) is 79.0 Å². The lowest BCUT2D eigenvalue weighted by Gasteiger charge is -2.15. The summed E-state index contributed by atoms with van der Waals surface area (Å²) in [5.41, 5.74) is 5.79. The molecule has 5 rings (SSSR count). The Morgan fingerprint density at radius 2 is 1.84 bits per heavy atom. The molecule has 2 heterocycles. The number of fused-ring (bicyclic) bond motifs is 1. The van der Waals surface area contributed by atoms with Crippen molar-refractivity contribution in [2.24, 2.45) is 0 Å². The van der Waals surface area contributed by atoms with Gasteiger partial charge in [-0.2, -0.15) is 0 Å². The average molecular weight is 630 g/mol. The van der Waals surface area contributed by atoms with E-state index in [-0.39, 0.29) is 25.0 Å². The number of pyridine rings is 1. The van der Waals surface area contributed by atoms with E-state index in [1.165, 1.54) is 13.2 Å². The van der Waals surface area contributed by atoms with Gasteiger partial charge in [-0.1, -0.05) is 53.5 Å². The highest BCUT2D eigenvalue weighted by atomic mass is 35.5. The second kappa shape index (κ2) is 13.7. The quantitative estimate of drug-likeness (QED) is 0.143. The van der Waals surface area contributed by atoms with Crippen LogP contribution in [-0.2, 0) is 17.9 Å². The lowest BCUT2D eigenvalue weighted by atomic mass is 10.0. The highest BCUT2D eigenvalue weighted by molar-refractivity contribution is 6.37. The molecule has 5 aromatic rings. The monoisotopic (exact) mass is 628 g/mol. The number of para-hydroxylation sites is 1. The van der Waals surface area contributed by atoms with Crippen LogP contribution in [0, 0.1) is 6.92 Å². The highest BCUT2D eigenvalue weighted by Crippen LogP contribution is 2.37. The van der Waals surface area contributed by atoms with Crippen molar-refractivity contribution in [3.63, 3.8) is 0 Å². The molecule has 0 spiro atoms. The van der Waals surface area contributed by atoms with Crippen LogP contribution in [-0.4, -0.2) is 35.9 Å². The molecule has 0 aliphatic rings. The summed E-state index contributed by atoms with van der Waals surface area (Å²) >= 11 is 13.5. The minimum Gasteiger partial charge on any atom is -0.496 e. The number of halogens is 2. The number of hydrogen-bond acceptors (Lipinski definition) is 5. The van der Waals surface area contributed by atoms with Crippen molar-refractivity contribution in [1.82, 2.24) is 20.6 Å². The minimum absolute atomic E-state index is 0.149. The van der Waals surface area contributed by atoms with E-state index in [9.17, 15) is 9.59 Å². The van der Waals surface area contributed by atoms with Crippen molar-refractivity contribution in [2.45, 2.75) is 20.1 Å². The van der Waals surface area contributed by atoms with Gasteiger partial charge in [-0.15, -0.1) is 0 Å². The molecule has 3 N–H and O–H groups in total. The molecule has 8 nitrogen and oxygen atoms in total. The number of hydrogen-bond donors (Lipinski definition) is 3. The first-order chi connectivity index (χ1) is 21.3. The number of H-pyrrole nitrogens is 1. The minimum atomic E-state index is -0.296. The summed E-state index contributed by atoms with van der Waals surface area (Å²) in [6.07, 6.45) is 4.86. The van der Waals surface area contributed by atoms with E-state index in [2.05, 4.69) is 20.6 Å². The van der Waals surface area contributed by atoms with Gasteiger partial charge in [-0.25, -0.2) is 4.98 Å². The van der Waals surface area contributed by atoms with Gasteiger partial charge >= 0.3 is 0 Å². The van der Waals surface area contributed by atoms with Crippen LogP contribution in [0.25, 0.3) is 28.1 Å². The second-order valence-electron chi connectivity index (χ2n) is 9.92. The van der Waals surface area contributed by atoms with Gasteiger partial charge in [-0.3, -0.25) is 9.59 Å². The van der Waals surface area contributed by atoms with Gasteiger partial charge in [0.2, 0.25) is 5.91 Å². The van der Waals surface area contributed by atoms with Crippen molar-refractivity contribution >= 4 is 52.0 Å². The van der Waals surface area contributed by atoms with Gasteiger partial charge in [0.15, 0.2) is 0 Å². The molecule has 0 atom stereocenters. The van der Waals surface area contributed by atoms with Gasteiger partial charge in [0.25, 0.3) is 5.91 Å². The molecule has 0 fully saturated rings. The van der Waals surface area contributed by atoms with E-state index in [0.29, 0.717) is 38.2 Å². The molecule has 224 valence electrons. The maximum atomic E-state index is 12.7. The number of aromatic nitrogens is 2. The van der Waals surface area contributed by atoms with E-state index in [1.54, 1.807) is 43.6 Å². The fourth-order valence-electron chi connectivity index (χ4n) is 4.76. The summed E-state index contributed by atoms with van der Waals surface area (Å²) in [6, 6.07) is 20.4. The van der Waals surface area contributed by atoms with Crippen molar-refractivity contribution < 1.29 is 19.1 Å². The Labute approximate surface area is 265 Å². The van der Waals surface area contributed by atoms with Crippen molar-refractivity contribution in [3.05, 3.63) is 117 Å². The maximum absolute atomic E-state index is 12.7. The van der Waals surface area contributed by atoms with E-state index >= 15 is 0 Å². The Bertz CT molecular complexity index is 1880. The molecule has 2 amide bonds. The number of nitrogens with zero attached hydrogens (tertiary/aromatic N) is 1. The van der Waals surface area contributed by atoms with Crippen LogP contribution in [0.1, 0.15) is 32.9 Å². The molecule has 10 heteroatoms. The number of rotatable bonds is 10. The lowest BCUT2D eigenvalue weighted by molar-refractivity contribution is -0.116. The first-order valence-corrected chi connectivity index (χ1v) is 14.5. The third kappa shape index (κ3) is 6.72. The summed E-state index contributed by atoms with van der Waals surface area (Å²) in [6.45, 7) is 2.32. The topological polar surface area (TPSA) is 105 Å². The Balaban J connectivity index is 1.29. The fourth-order valence-corrected chi connectivity index (χ4v) is 5.35. The second-order valence-corrected chi connectivity index (χ2v) is 10.7. The highest BCUT2D eigenvalue weighted by Gasteiger charge is 2.17. The number of aromatic amines is 1. The van der Waals surface area contributed by atoms with Gasteiger partial charge < -0.3 is 25.1 Å². The Kier molecular flexibility index (Phi) is 9.53. The number of benzene rings is 3. The Morgan fingerprint density at radius 3 is 2.64 bits per heavy atom. The standard InChI is InChI=1S/C34H30Cl2N4O4/c1-20-7-10-22-5-4-6-29(33(22)40-20)44-19-26-27(35)13-12-24(32(26)36)23-15-16-38-28(23)18-39-31(41)14-9-21-8-11-25(34(42)37-2)30(17-21)43-3/h4-17,38H,18-19H2,1-3H3,(H,37,42)(H,39,41). The molecule has 0 saturated carbocycles. The van der Waals surface area contributed by atoms with Gasteiger partial charge in [0.1, 0.15) is 23.6 Å². The van der Waals surface area contributed by atoms with E-state index < -0.39 is 0 Å². The van der Waals surface area contributed by atoms with Crippen LogP contribution in [0.3, 0.4) is 0 Å². The Hall–Kier alpha value is -4.79. The van der Waals surface area contributed by atoms with Crippen LogP contribution in [0.5, 0.6) is 11.5 Å². The van der Waals surface area contributed by atoms with Gasteiger partial charge in [0, 0.05) is 57.8 Å². The van der Waals surface area contributed by atoms with Crippen LogP contribution >= 0.6 is 23.2 Å². The zero-order valence-electron chi connectivity index (χ0n) is 24.3. The molecule has 0 unspecified atom stereocenters. The molecular weight excluding hydrogens is 599 g/mol. The molecule has 2 aromatic heterocycles.